The molecule has 0 unspecified atom stereocenters. The van der Waals surface area contributed by atoms with Gasteiger partial charge in [-0.1, -0.05) is 17.3 Å². The molecule has 9 heteroatoms. The van der Waals surface area contributed by atoms with Crippen molar-refractivity contribution in [2.45, 2.75) is 37.4 Å². The highest BCUT2D eigenvalue weighted by atomic mass is 32.2. The van der Waals surface area contributed by atoms with E-state index in [-0.39, 0.29) is 17.7 Å². The number of thioether (sulfide) groups is 1. The normalized spacial score (nSPS) is 11.5. The first kappa shape index (κ1) is 20.9. The summed E-state index contributed by atoms with van der Waals surface area (Å²) in [5.41, 5.74) is 1.39. The lowest BCUT2D eigenvalue weighted by Gasteiger charge is -2.10. The third kappa shape index (κ3) is 5.17. The number of nitrogens with zero attached hydrogens (tertiary/aromatic N) is 2. The van der Waals surface area contributed by atoms with E-state index in [2.05, 4.69) is 10.1 Å². The number of esters is 1. The summed E-state index contributed by atoms with van der Waals surface area (Å²) in [5.74, 6) is 0.544. The predicted molar refractivity (Wildman–Crippen MR) is 100 cm³/mol. The number of aromatic nitrogens is 2. The van der Waals surface area contributed by atoms with E-state index in [0.29, 0.717) is 16.5 Å². The summed E-state index contributed by atoms with van der Waals surface area (Å²) in [6.07, 6.45) is -2.90. The zero-order chi connectivity index (χ0) is 21.0. The Morgan fingerprint density at radius 2 is 2.00 bits per heavy atom. The SMILES string of the molecule is Cc1noc(C)c1CSc1ncccc1C(=O)OCc1cccc(C(F)(F)F)c1. The van der Waals surface area contributed by atoms with Crippen LogP contribution >= 0.6 is 11.8 Å². The van der Waals surface area contributed by atoms with Gasteiger partial charge in [0, 0.05) is 17.5 Å². The second-order valence-corrected chi connectivity index (χ2v) is 7.19. The quantitative estimate of drug-likeness (QED) is 0.394. The van der Waals surface area contributed by atoms with Crippen LogP contribution in [0.5, 0.6) is 0 Å². The lowest BCUT2D eigenvalue weighted by atomic mass is 10.1. The van der Waals surface area contributed by atoms with E-state index in [0.717, 1.165) is 23.4 Å². The van der Waals surface area contributed by atoms with Gasteiger partial charge in [-0.25, -0.2) is 9.78 Å². The van der Waals surface area contributed by atoms with E-state index < -0.39 is 17.7 Å². The Bertz CT molecular complexity index is 999. The van der Waals surface area contributed by atoms with Gasteiger partial charge in [-0.3, -0.25) is 0 Å². The number of rotatable bonds is 6. The van der Waals surface area contributed by atoms with Gasteiger partial charge in [-0.05, 0) is 43.7 Å². The van der Waals surface area contributed by atoms with Crippen LogP contribution < -0.4 is 0 Å². The third-order valence-corrected chi connectivity index (χ3v) is 5.18. The van der Waals surface area contributed by atoms with Crippen LogP contribution in [0.1, 0.15) is 38.5 Å². The van der Waals surface area contributed by atoms with E-state index in [4.69, 9.17) is 9.26 Å². The summed E-state index contributed by atoms with van der Waals surface area (Å²) in [5, 5.41) is 4.35. The molecular formula is C20H17F3N2O3S. The lowest BCUT2D eigenvalue weighted by molar-refractivity contribution is -0.137. The molecule has 0 fully saturated rings. The summed E-state index contributed by atoms with van der Waals surface area (Å²) in [4.78, 5) is 16.7. The van der Waals surface area contributed by atoms with Crippen LogP contribution in [-0.4, -0.2) is 16.1 Å². The average molecular weight is 422 g/mol. The fraction of sp³-hybridized carbons (Fsp3) is 0.250. The van der Waals surface area contributed by atoms with Gasteiger partial charge < -0.3 is 9.26 Å². The Balaban J connectivity index is 1.69. The number of aryl methyl sites for hydroxylation is 2. The van der Waals surface area contributed by atoms with Crippen LogP contribution in [0.4, 0.5) is 13.2 Å². The summed E-state index contributed by atoms with van der Waals surface area (Å²) in [7, 11) is 0. The molecular weight excluding hydrogens is 405 g/mol. The van der Waals surface area contributed by atoms with Crippen molar-refractivity contribution in [3.8, 4) is 0 Å². The predicted octanol–water partition coefficient (Wildman–Crippen LogP) is 5.35. The molecule has 3 rings (SSSR count). The van der Waals surface area contributed by atoms with Gasteiger partial charge in [0.15, 0.2) is 0 Å². The number of pyridine rings is 1. The molecule has 0 aliphatic carbocycles. The molecule has 2 aromatic heterocycles. The summed E-state index contributed by atoms with van der Waals surface area (Å²) < 4.78 is 48.8. The van der Waals surface area contributed by atoms with Gasteiger partial charge >= 0.3 is 12.1 Å². The number of alkyl halides is 3. The van der Waals surface area contributed by atoms with Crippen molar-refractivity contribution in [2.75, 3.05) is 0 Å². The monoisotopic (exact) mass is 422 g/mol. The van der Waals surface area contributed by atoms with E-state index in [1.54, 1.807) is 25.3 Å². The molecule has 0 amide bonds. The van der Waals surface area contributed by atoms with Crippen molar-refractivity contribution in [1.29, 1.82) is 0 Å². The minimum atomic E-state index is -4.45. The smallest absolute Gasteiger partial charge is 0.416 e. The van der Waals surface area contributed by atoms with E-state index in [9.17, 15) is 18.0 Å². The molecule has 29 heavy (non-hydrogen) atoms. The van der Waals surface area contributed by atoms with Crippen molar-refractivity contribution >= 4 is 17.7 Å². The molecule has 5 nitrogen and oxygen atoms in total. The molecule has 0 saturated carbocycles. The fourth-order valence-corrected chi connectivity index (χ4v) is 3.71. The molecule has 0 N–H and O–H groups in total. The molecule has 0 aliphatic rings. The van der Waals surface area contributed by atoms with Crippen LogP contribution in [0.3, 0.4) is 0 Å². The van der Waals surface area contributed by atoms with Crippen molar-refractivity contribution in [3.63, 3.8) is 0 Å². The van der Waals surface area contributed by atoms with Crippen molar-refractivity contribution in [2.24, 2.45) is 0 Å². The molecule has 3 aromatic rings. The highest BCUT2D eigenvalue weighted by Crippen LogP contribution is 2.30. The second-order valence-electron chi connectivity index (χ2n) is 6.22. The molecule has 0 spiro atoms. The maximum absolute atomic E-state index is 12.8. The summed E-state index contributed by atoms with van der Waals surface area (Å²) in [6, 6.07) is 7.84. The molecule has 0 saturated heterocycles. The standard InChI is InChI=1S/C20H17F3N2O3S/c1-12-17(13(2)28-25-12)11-29-18-16(7-4-8-24-18)19(26)27-10-14-5-3-6-15(9-14)20(21,22)23/h3-9H,10-11H2,1-2H3. The Kier molecular flexibility index (Phi) is 6.26. The molecule has 2 heterocycles. The number of carbonyl (C=O) groups excluding carboxylic acids is 1. The van der Waals surface area contributed by atoms with Gasteiger partial charge in [0.05, 0.1) is 16.8 Å². The fourth-order valence-electron chi connectivity index (χ4n) is 2.57. The minimum Gasteiger partial charge on any atom is -0.457 e. The van der Waals surface area contributed by atoms with Gasteiger partial charge in [0.2, 0.25) is 0 Å². The molecule has 0 bridgehead atoms. The second kappa shape index (κ2) is 8.69. The van der Waals surface area contributed by atoms with Crippen LogP contribution in [0.2, 0.25) is 0 Å². The maximum Gasteiger partial charge on any atom is 0.416 e. The third-order valence-electron chi connectivity index (χ3n) is 4.15. The summed E-state index contributed by atoms with van der Waals surface area (Å²) in [6.45, 7) is 3.36. The number of hydrogen-bond donors (Lipinski definition) is 0. The Morgan fingerprint density at radius 3 is 2.69 bits per heavy atom. The Hall–Kier alpha value is -2.81. The van der Waals surface area contributed by atoms with Gasteiger partial charge in [-0.2, -0.15) is 13.2 Å². The number of halogens is 3. The zero-order valence-corrected chi connectivity index (χ0v) is 16.4. The number of hydrogen-bond acceptors (Lipinski definition) is 6. The zero-order valence-electron chi connectivity index (χ0n) is 15.6. The van der Waals surface area contributed by atoms with E-state index >= 15 is 0 Å². The highest BCUT2D eigenvalue weighted by molar-refractivity contribution is 7.98. The van der Waals surface area contributed by atoms with Crippen LogP contribution in [0.15, 0.2) is 52.1 Å². The van der Waals surface area contributed by atoms with Crippen LogP contribution in [0.25, 0.3) is 0 Å². The topological polar surface area (TPSA) is 65.2 Å². The number of carbonyl (C=O) groups is 1. The number of ether oxygens (including phenoxy) is 1. The van der Waals surface area contributed by atoms with E-state index in [1.165, 1.54) is 23.9 Å². The van der Waals surface area contributed by atoms with E-state index in [1.807, 2.05) is 6.92 Å². The maximum atomic E-state index is 12.8. The van der Waals surface area contributed by atoms with Crippen molar-refractivity contribution in [1.82, 2.24) is 10.1 Å². The molecule has 0 atom stereocenters. The van der Waals surface area contributed by atoms with Gasteiger partial charge in [0.1, 0.15) is 17.4 Å². The highest BCUT2D eigenvalue weighted by Gasteiger charge is 2.30. The first-order valence-electron chi connectivity index (χ1n) is 8.58. The molecule has 1 aromatic carbocycles. The first-order chi connectivity index (χ1) is 13.8. The number of benzene rings is 1. The van der Waals surface area contributed by atoms with Crippen LogP contribution in [-0.2, 0) is 23.3 Å². The Labute approximate surface area is 169 Å². The molecule has 152 valence electrons. The van der Waals surface area contributed by atoms with Crippen LogP contribution in [0, 0.1) is 13.8 Å². The Morgan fingerprint density at radius 1 is 1.21 bits per heavy atom. The average Bonchev–Trinajstić information content (AvgIpc) is 3.02. The van der Waals surface area contributed by atoms with Crippen molar-refractivity contribution in [3.05, 3.63) is 76.3 Å². The first-order valence-corrected chi connectivity index (χ1v) is 9.57. The largest absolute Gasteiger partial charge is 0.457 e. The minimum absolute atomic E-state index is 0.247. The molecule has 0 radical (unpaired) electrons. The van der Waals surface area contributed by atoms with Gasteiger partial charge in [0.25, 0.3) is 0 Å². The van der Waals surface area contributed by atoms with Gasteiger partial charge in [-0.15, -0.1) is 11.8 Å². The van der Waals surface area contributed by atoms with Crippen molar-refractivity contribution < 1.29 is 27.2 Å². The molecule has 0 aliphatic heterocycles. The lowest BCUT2D eigenvalue weighted by Crippen LogP contribution is -2.09. The summed E-state index contributed by atoms with van der Waals surface area (Å²) >= 11 is 1.33.